The number of H-pyrrole nitrogens is 1. The van der Waals surface area contributed by atoms with Gasteiger partial charge in [0.05, 0.1) is 5.52 Å². The standard InChI is InChI=1S/C25H26N2O2/c1-14-6-11-19-20(12-14)25(29)26-24-15(2)13-21(28)22(23(19)24)18-9-7-17(8-10-18)16(3)27(4)5/h6-13,16,28H,1-5H3,(H,26,29)/t16-/m1/s1. The van der Waals surface area contributed by atoms with E-state index in [-0.39, 0.29) is 11.3 Å². The molecule has 1 aromatic heterocycles. The van der Waals surface area contributed by atoms with E-state index in [1.165, 1.54) is 5.56 Å². The fourth-order valence-corrected chi connectivity index (χ4v) is 3.99. The smallest absolute Gasteiger partial charge is 0.256 e. The lowest BCUT2D eigenvalue weighted by molar-refractivity contribution is 0.321. The van der Waals surface area contributed by atoms with Crippen molar-refractivity contribution in [2.24, 2.45) is 0 Å². The summed E-state index contributed by atoms with van der Waals surface area (Å²) in [5.74, 6) is 0.220. The predicted octanol–water partition coefficient (Wildman–Crippen LogP) is 5.29. The number of pyridine rings is 1. The zero-order chi connectivity index (χ0) is 20.9. The van der Waals surface area contributed by atoms with Gasteiger partial charge in [0, 0.05) is 22.4 Å². The average molecular weight is 386 g/mol. The second-order valence-electron chi connectivity index (χ2n) is 8.10. The van der Waals surface area contributed by atoms with E-state index < -0.39 is 0 Å². The number of rotatable bonds is 3. The van der Waals surface area contributed by atoms with E-state index in [1.807, 2.05) is 44.2 Å². The lowest BCUT2D eigenvalue weighted by atomic mass is 9.92. The van der Waals surface area contributed by atoms with Gasteiger partial charge >= 0.3 is 0 Å². The highest BCUT2D eigenvalue weighted by Crippen LogP contribution is 2.40. The molecule has 148 valence electrons. The number of aryl methyl sites for hydroxylation is 2. The van der Waals surface area contributed by atoms with Gasteiger partial charge in [0.2, 0.25) is 0 Å². The Kier molecular flexibility index (Phi) is 4.67. The monoisotopic (exact) mass is 386 g/mol. The van der Waals surface area contributed by atoms with Gasteiger partial charge in [0.25, 0.3) is 5.56 Å². The molecule has 0 amide bonds. The average Bonchev–Trinajstić information content (AvgIpc) is 2.69. The minimum atomic E-state index is -0.105. The molecule has 4 nitrogen and oxygen atoms in total. The lowest BCUT2D eigenvalue weighted by Crippen LogP contribution is -2.16. The Morgan fingerprint density at radius 2 is 1.66 bits per heavy atom. The highest BCUT2D eigenvalue weighted by Gasteiger charge is 2.17. The van der Waals surface area contributed by atoms with E-state index in [1.54, 1.807) is 6.07 Å². The van der Waals surface area contributed by atoms with Gasteiger partial charge in [0.15, 0.2) is 0 Å². The van der Waals surface area contributed by atoms with Gasteiger partial charge in [0.1, 0.15) is 5.75 Å². The minimum Gasteiger partial charge on any atom is -0.507 e. The van der Waals surface area contributed by atoms with Gasteiger partial charge in [-0.25, -0.2) is 0 Å². The number of phenolic OH excluding ortho intramolecular Hbond substituents is 1. The molecule has 0 fully saturated rings. The third kappa shape index (κ3) is 3.19. The van der Waals surface area contributed by atoms with Gasteiger partial charge < -0.3 is 15.0 Å². The van der Waals surface area contributed by atoms with E-state index in [2.05, 4.69) is 43.0 Å². The van der Waals surface area contributed by atoms with E-state index in [4.69, 9.17) is 0 Å². The molecular weight excluding hydrogens is 360 g/mol. The number of fused-ring (bicyclic) bond motifs is 3. The molecule has 1 heterocycles. The molecule has 4 rings (SSSR count). The molecule has 2 N–H and O–H groups in total. The number of hydrogen-bond donors (Lipinski definition) is 2. The van der Waals surface area contributed by atoms with Gasteiger partial charge in [-0.05, 0) is 69.1 Å². The van der Waals surface area contributed by atoms with Crippen LogP contribution in [0.4, 0.5) is 0 Å². The number of benzene rings is 3. The number of aromatic amines is 1. The SMILES string of the molecule is Cc1ccc2c(c1)c(=O)[nH]c1c(C)cc(O)c(-c3ccc([C@@H](C)N(C)C)cc3)c12. The molecule has 1 atom stereocenters. The molecule has 0 saturated heterocycles. The normalized spacial score (nSPS) is 12.8. The van der Waals surface area contributed by atoms with Crippen molar-refractivity contribution >= 4 is 21.7 Å². The summed E-state index contributed by atoms with van der Waals surface area (Å²) in [5.41, 5.74) is 5.43. The molecule has 0 aliphatic carbocycles. The van der Waals surface area contributed by atoms with Crippen molar-refractivity contribution in [3.05, 3.63) is 75.6 Å². The first-order valence-corrected chi connectivity index (χ1v) is 9.83. The number of hydrogen-bond acceptors (Lipinski definition) is 3. The fraction of sp³-hybridized carbons (Fsp3) is 0.240. The molecule has 4 heteroatoms. The van der Waals surface area contributed by atoms with Crippen LogP contribution in [0.2, 0.25) is 0 Å². The molecule has 0 aliphatic rings. The quantitative estimate of drug-likeness (QED) is 0.470. The maximum Gasteiger partial charge on any atom is 0.256 e. The van der Waals surface area contributed by atoms with Gasteiger partial charge in [-0.1, -0.05) is 42.0 Å². The molecule has 0 spiro atoms. The molecule has 0 radical (unpaired) electrons. The van der Waals surface area contributed by atoms with Crippen molar-refractivity contribution in [1.82, 2.24) is 9.88 Å². The first-order chi connectivity index (χ1) is 13.8. The van der Waals surface area contributed by atoms with Crippen LogP contribution in [0.3, 0.4) is 0 Å². The second kappa shape index (κ2) is 7.05. The zero-order valence-corrected chi connectivity index (χ0v) is 17.5. The van der Waals surface area contributed by atoms with Crippen LogP contribution in [0.15, 0.2) is 53.3 Å². The topological polar surface area (TPSA) is 56.3 Å². The van der Waals surface area contributed by atoms with E-state index >= 15 is 0 Å². The Labute approximate surface area is 170 Å². The van der Waals surface area contributed by atoms with E-state index in [0.29, 0.717) is 11.4 Å². The van der Waals surface area contributed by atoms with Crippen molar-refractivity contribution in [2.75, 3.05) is 14.1 Å². The van der Waals surface area contributed by atoms with Crippen LogP contribution in [0.5, 0.6) is 5.75 Å². The van der Waals surface area contributed by atoms with Crippen LogP contribution in [-0.2, 0) is 0 Å². The van der Waals surface area contributed by atoms with Gasteiger partial charge in [-0.15, -0.1) is 0 Å². The van der Waals surface area contributed by atoms with Crippen molar-refractivity contribution in [3.63, 3.8) is 0 Å². The summed E-state index contributed by atoms with van der Waals surface area (Å²) in [6, 6.07) is 16.2. The first-order valence-electron chi connectivity index (χ1n) is 9.83. The van der Waals surface area contributed by atoms with Crippen LogP contribution >= 0.6 is 0 Å². The summed E-state index contributed by atoms with van der Waals surface area (Å²) in [4.78, 5) is 17.9. The summed E-state index contributed by atoms with van der Waals surface area (Å²) in [6.45, 7) is 6.04. The number of nitrogens with one attached hydrogen (secondary N) is 1. The molecule has 0 bridgehead atoms. The maximum atomic E-state index is 12.7. The molecule has 4 aromatic rings. The third-order valence-corrected chi connectivity index (χ3v) is 5.89. The predicted molar refractivity (Wildman–Crippen MR) is 121 cm³/mol. The molecule has 29 heavy (non-hydrogen) atoms. The van der Waals surface area contributed by atoms with Crippen molar-refractivity contribution in [3.8, 4) is 16.9 Å². The number of aromatic hydroxyl groups is 1. The molecule has 3 aromatic carbocycles. The molecule has 0 saturated carbocycles. The Hall–Kier alpha value is -3.11. The van der Waals surface area contributed by atoms with Crippen LogP contribution in [0, 0.1) is 13.8 Å². The van der Waals surface area contributed by atoms with Gasteiger partial charge in [-0.3, -0.25) is 4.79 Å². The van der Waals surface area contributed by atoms with Crippen LogP contribution in [-0.4, -0.2) is 29.1 Å². The molecular formula is C25H26N2O2. The molecule has 0 unspecified atom stereocenters. The largest absolute Gasteiger partial charge is 0.507 e. The summed E-state index contributed by atoms with van der Waals surface area (Å²) >= 11 is 0. The Morgan fingerprint density at radius 3 is 2.31 bits per heavy atom. The van der Waals surface area contributed by atoms with E-state index in [9.17, 15) is 9.90 Å². The first kappa shape index (κ1) is 19.2. The zero-order valence-electron chi connectivity index (χ0n) is 17.5. The van der Waals surface area contributed by atoms with Crippen LogP contribution < -0.4 is 5.56 Å². The highest BCUT2D eigenvalue weighted by molar-refractivity contribution is 6.14. The number of nitrogens with zero attached hydrogens (tertiary/aromatic N) is 1. The third-order valence-electron chi connectivity index (χ3n) is 5.89. The van der Waals surface area contributed by atoms with E-state index in [0.717, 1.165) is 38.5 Å². The highest BCUT2D eigenvalue weighted by atomic mass is 16.3. The number of aromatic nitrogens is 1. The van der Waals surface area contributed by atoms with Crippen LogP contribution in [0.25, 0.3) is 32.8 Å². The van der Waals surface area contributed by atoms with Gasteiger partial charge in [-0.2, -0.15) is 0 Å². The van der Waals surface area contributed by atoms with Crippen LogP contribution in [0.1, 0.15) is 29.7 Å². The molecule has 0 aliphatic heterocycles. The number of phenols is 1. The lowest BCUT2D eigenvalue weighted by Gasteiger charge is -2.20. The van der Waals surface area contributed by atoms with Crippen molar-refractivity contribution < 1.29 is 5.11 Å². The Morgan fingerprint density at radius 1 is 0.966 bits per heavy atom. The van der Waals surface area contributed by atoms with Crippen molar-refractivity contribution in [2.45, 2.75) is 26.8 Å². The summed E-state index contributed by atoms with van der Waals surface area (Å²) in [7, 11) is 4.12. The fourth-order valence-electron chi connectivity index (χ4n) is 3.99. The van der Waals surface area contributed by atoms with Crippen molar-refractivity contribution in [1.29, 1.82) is 0 Å². The summed E-state index contributed by atoms with van der Waals surface area (Å²) < 4.78 is 0. The summed E-state index contributed by atoms with van der Waals surface area (Å²) in [5, 5.41) is 13.3. The maximum absolute atomic E-state index is 12.7. The second-order valence-corrected chi connectivity index (χ2v) is 8.10. The summed E-state index contributed by atoms with van der Waals surface area (Å²) in [6.07, 6.45) is 0. The Balaban J connectivity index is 2.06. The Bertz CT molecular complexity index is 1280. The minimum absolute atomic E-state index is 0.105.